The van der Waals surface area contributed by atoms with Crippen LogP contribution in [0.15, 0.2) is 33.3 Å². The van der Waals surface area contributed by atoms with Crippen molar-refractivity contribution in [3.63, 3.8) is 0 Å². The van der Waals surface area contributed by atoms with E-state index >= 15 is 0 Å². The smallest absolute Gasteiger partial charge is 0.310 e. The summed E-state index contributed by atoms with van der Waals surface area (Å²) in [6, 6.07) is 4.08. The van der Waals surface area contributed by atoms with Crippen molar-refractivity contribution in [3.05, 3.63) is 55.0 Å². The van der Waals surface area contributed by atoms with E-state index in [-0.39, 0.29) is 11.2 Å². The minimum atomic E-state index is -0.347. The van der Waals surface area contributed by atoms with E-state index in [0.717, 1.165) is 6.54 Å². The van der Waals surface area contributed by atoms with E-state index in [1.807, 2.05) is 18.4 Å². The van der Waals surface area contributed by atoms with Crippen LogP contribution in [0.5, 0.6) is 0 Å². The Morgan fingerprint density at radius 2 is 2.26 bits per heavy atom. The van der Waals surface area contributed by atoms with Crippen LogP contribution < -0.4 is 16.6 Å². The van der Waals surface area contributed by atoms with Crippen LogP contribution in [0.2, 0.25) is 0 Å². The molecule has 2 heterocycles. The molecule has 0 unspecified atom stereocenters. The fourth-order valence-corrected chi connectivity index (χ4v) is 2.47. The number of hydrogen-bond donors (Lipinski definition) is 2. The molecule has 0 amide bonds. The molecule has 0 radical (unpaired) electrons. The molecule has 5 nitrogen and oxygen atoms in total. The second kappa shape index (κ2) is 6.49. The van der Waals surface area contributed by atoms with Gasteiger partial charge in [0.25, 0.3) is 5.56 Å². The first-order valence-electron chi connectivity index (χ1n) is 6.26. The summed E-state index contributed by atoms with van der Waals surface area (Å²) >= 11 is 1.70. The summed E-state index contributed by atoms with van der Waals surface area (Å²) in [6.45, 7) is 3.94. The maximum Gasteiger partial charge on any atom is 0.328 e. The molecule has 0 atom stereocenters. The van der Waals surface area contributed by atoms with Gasteiger partial charge in [0.15, 0.2) is 0 Å². The molecule has 0 saturated heterocycles. The highest BCUT2D eigenvalue weighted by atomic mass is 32.1. The van der Waals surface area contributed by atoms with Gasteiger partial charge in [-0.3, -0.25) is 14.3 Å². The molecule has 0 aliphatic rings. The molecule has 0 saturated carbocycles. The molecular weight excluding hydrogens is 262 g/mol. The summed E-state index contributed by atoms with van der Waals surface area (Å²) in [5.74, 6) is 0. The predicted molar refractivity (Wildman–Crippen MR) is 76.7 cm³/mol. The van der Waals surface area contributed by atoms with E-state index in [2.05, 4.69) is 16.4 Å². The van der Waals surface area contributed by atoms with Gasteiger partial charge < -0.3 is 5.32 Å². The lowest BCUT2D eigenvalue weighted by molar-refractivity contribution is 0.573. The van der Waals surface area contributed by atoms with Gasteiger partial charge in [-0.15, -0.1) is 11.3 Å². The topological polar surface area (TPSA) is 66.9 Å². The molecule has 0 aliphatic carbocycles. The van der Waals surface area contributed by atoms with Gasteiger partial charge in [-0.1, -0.05) is 13.0 Å². The Balaban J connectivity index is 1.92. The number of rotatable bonds is 6. The Labute approximate surface area is 114 Å². The van der Waals surface area contributed by atoms with E-state index in [1.54, 1.807) is 22.1 Å². The standard InChI is InChI=1S/C13H17N3O2S/c1-2-10-9-16(13(18)15-12(10)17)6-5-14-8-11-4-3-7-19-11/h3-4,7,9,14H,2,5-6,8H2,1H3,(H,15,17,18). The van der Waals surface area contributed by atoms with Crippen molar-refractivity contribution in [3.8, 4) is 0 Å². The summed E-state index contributed by atoms with van der Waals surface area (Å²) < 4.78 is 1.54. The van der Waals surface area contributed by atoms with Crippen LogP contribution in [0.25, 0.3) is 0 Å². The molecule has 0 bridgehead atoms. The van der Waals surface area contributed by atoms with Crippen LogP contribution in [-0.4, -0.2) is 16.1 Å². The second-order valence-electron chi connectivity index (χ2n) is 4.22. The second-order valence-corrected chi connectivity index (χ2v) is 5.25. The first kappa shape index (κ1) is 13.8. The molecule has 2 rings (SSSR count). The van der Waals surface area contributed by atoms with Crippen LogP contribution in [-0.2, 0) is 19.5 Å². The third kappa shape index (κ3) is 3.65. The fraction of sp³-hybridized carbons (Fsp3) is 0.385. The molecule has 0 aliphatic heterocycles. The van der Waals surface area contributed by atoms with E-state index in [9.17, 15) is 9.59 Å². The molecule has 2 N–H and O–H groups in total. The summed E-state index contributed by atoms with van der Waals surface area (Å²) in [4.78, 5) is 26.6. The van der Waals surface area contributed by atoms with Gasteiger partial charge in [0.05, 0.1) is 0 Å². The zero-order chi connectivity index (χ0) is 13.7. The fourth-order valence-electron chi connectivity index (χ4n) is 1.80. The molecule has 2 aromatic rings. The van der Waals surface area contributed by atoms with Gasteiger partial charge in [-0.05, 0) is 17.9 Å². The number of aromatic nitrogens is 2. The van der Waals surface area contributed by atoms with Gasteiger partial charge >= 0.3 is 5.69 Å². The predicted octanol–water partition coefficient (Wildman–Crippen LogP) is 0.950. The highest BCUT2D eigenvalue weighted by molar-refractivity contribution is 7.09. The lowest BCUT2D eigenvalue weighted by Gasteiger charge is -2.07. The number of aromatic amines is 1. The van der Waals surface area contributed by atoms with Gasteiger partial charge in [0.1, 0.15) is 0 Å². The number of thiophene rings is 1. The largest absolute Gasteiger partial charge is 0.328 e. The molecule has 2 aromatic heterocycles. The zero-order valence-electron chi connectivity index (χ0n) is 10.8. The first-order chi connectivity index (χ1) is 9.20. The molecule has 0 fully saturated rings. The molecule has 102 valence electrons. The number of H-pyrrole nitrogens is 1. The maximum absolute atomic E-state index is 11.6. The lowest BCUT2D eigenvalue weighted by atomic mass is 10.3. The molecular formula is C13H17N3O2S. The maximum atomic E-state index is 11.6. The van der Waals surface area contributed by atoms with Crippen molar-refractivity contribution in [2.45, 2.75) is 26.4 Å². The van der Waals surface area contributed by atoms with Crippen molar-refractivity contribution >= 4 is 11.3 Å². The minimum absolute atomic E-state index is 0.282. The highest BCUT2D eigenvalue weighted by Gasteiger charge is 2.02. The third-order valence-corrected chi connectivity index (χ3v) is 3.75. The number of aryl methyl sites for hydroxylation is 1. The zero-order valence-corrected chi connectivity index (χ0v) is 11.6. The number of hydrogen-bond acceptors (Lipinski definition) is 4. The first-order valence-corrected chi connectivity index (χ1v) is 7.14. The average Bonchev–Trinajstić information content (AvgIpc) is 2.90. The molecule has 6 heteroatoms. The summed E-state index contributed by atoms with van der Waals surface area (Å²) in [6.07, 6.45) is 2.27. The summed E-state index contributed by atoms with van der Waals surface area (Å²) in [5.41, 5.74) is 0.00766. The van der Waals surface area contributed by atoms with Gasteiger partial charge in [-0.25, -0.2) is 4.79 Å². The Bertz CT molecular complexity index is 628. The van der Waals surface area contributed by atoms with Gasteiger partial charge in [0.2, 0.25) is 0 Å². The van der Waals surface area contributed by atoms with Crippen LogP contribution in [0.1, 0.15) is 17.4 Å². The molecule has 0 aromatic carbocycles. The Morgan fingerprint density at radius 1 is 1.42 bits per heavy atom. The van der Waals surface area contributed by atoms with E-state index in [1.165, 1.54) is 4.88 Å². The monoisotopic (exact) mass is 279 g/mol. The Kier molecular flexibility index (Phi) is 4.70. The molecule has 0 spiro atoms. The summed E-state index contributed by atoms with van der Waals surface area (Å²) in [5, 5.41) is 5.31. The highest BCUT2D eigenvalue weighted by Crippen LogP contribution is 2.06. The molecule has 19 heavy (non-hydrogen) atoms. The Morgan fingerprint density at radius 3 is 2.95 bits per heavy atom. The normalized spacial score (nSPS) is 10.8. The average molecular weight is 279 g/mol. The van der Waals surface area contributed by atoms with Crippen LogP contribution in [0.3, 0.4) is 0 Å². The van der Waals surface area contributed by atoms with E-state index in [4.69, 9.17) is 0 Å². The minimum Gasteiger partial charge on any atom is -0.310 e. The van der Waals surface area contributed by atoms with Crippen LogP contribution >= 0.6 is 11.3 Å². The van der Waals surface area contributed by atoms with Crippen molar-refractivity contribution in [1.29, 1.82) is 0 Å². The van der Waals surface area contributed by atoms with Crippen molar-refractivity contribution in [1.82, 2.24) is 14.9 Å². The van der Waals surface area contributed by atoms with Gasteiger partial charge in [-0.2, -0.15) is 0 Å². The van der Waals surface area contributed by atoms with Crippen molar-refractivity contribution in [2.24, 2.45) is 0 Å². The number of nitrogens with one attached hydrogen (secondary N) is 2. The number of nitrogens with zero attached hydrogens (tertiary/aromatic N) is 1. The third-order valence-electron chi connectivity index (χ3n) is 2.87. The van der Waals surface area contributed by atoms with Crippen LogP contribution in [0, 0.1) is 0 Å². The SMILES string of the molecule is CCc1cn(CCNCc2cccs2)c(=O)[nH]c1=O. The van der Waals surface area contributed by atoms with Crippen molar-refractivity contribution in [2.75, 3.05) is 6.54 Å². The summed E-state index contributed by atoms with van der Waals surface area (Å²) in [7, 11) is 0. The Hall–Kier alpha value is -1.66. The van der Waals surface area contributed by atoms with E-state index < -0.39 is 0 Å². The van der Waals surface area contributed by atoms with E-state index in [0.29, 0.717) is 25.1 Å². The van der Waals surface area contributed by atoms with Crippen LogP contribution in [0.4, 0.5) is 0 Å². The van der Waals surface area contributed by atoms with Crippen molar-refractivity contribution < 1.29 is 0 Å². The lowest BCUT2D eigenvalue weighted by Crippen LogP contribution is -2.34. The quantitative estimate of drug-likeness (QED) is 0.774. The van der Waals surface area contributed by atoms with Gasteiger partial charge in [0, 0.05) is 36.3 Å².